The van der Waals surface area contributed by atoms with Gasteiger partial charge in [0.15, 0.2) is 12.3 Å². The summed E-state index contributed by atoms with van der Waals surface area (Å²) < 4.78 is 4.88. The molecule has 0 aliphatic heterocycles. The van der Waals surface area contributed by atoms with Gasteiger partial charge >= 0.3 is 5.97 Å². The van der Waals surface area contributed by atoms with Gasteiger partial charge < -0.3 is 15.0 Å². The van der Waals surface area contributed by atoms with E-state index >= 15 is 0 Å². The smallest absolute Gasteiger partial charge is 0.359 e. The van der Waals surface area contributed by atoms with Gasteiger partial charge in [0.25, 0.3) is 5.91 Å². The fraction of sp³-hybridized carbons (Fsp3) is 0.278. The molecule has 136 valence electrons. The molecule has 0 aliphatic rings. The summed E-state index contributed by atoms with van der Waals surface area (Å²) in [7, 11) is 1.46. The van der Waals surface area contributed by atoms with Crippen LogP contribution in [0.4, 0.5) is 5.69 Å². The number of nitrogens with zero attached hydrogens (tertiary/aromatic N) is 3. The van der Waals surface area contributed by atoms with E-state index < -0.39 is 18.5 Å². The number of carbonyl (C=O) groups is 3. The molecule has 0 aliphatic carbocycles. The topological polar surface area (TPSA) is 101 Å². The number of esters is 1. The maximum absolute atomic E-state index is 12.1. The van der Waals surface area contributed by atoms with Crippen molar-refractivity contribution in [3.05, 3.63) is 54.1 Å². The van der Waals surface area contributed by atoms with Crippen molar-refractivity contribution >= 4 is 23.5 Å². The quantitative estimate of drug-likeness (QED) is 0.750. The van der Waals surface area contributed by atoms with Crippen LogP contribution in [0.25, 0.3) is 0 Å². The van der Waals surface area contributed by atoms with Crippen LogP contribution in [-0.4, -0.2) is 52.9 Å². The second-order valence-corrected chi connectivity index (χ2v) is 5.48. The molecule has 1 heterocycles. The molecule has 0 bridgehead atoms. The molecule has 0 spiro atoms. The first kappa shape index (κ1) is 19.0. The zero-order valence-corrected chi connectivity index (χ0v) is 14.6. The summed E-state index contributed by atoms with van der Waals surface area (Å²) in [6.45, 7) is 1.36. The Bertz CT molecular complexity index is 780. The van der Waals surface area contributed by atoms with Crippen LogP contribution in [0.3, 0.4) is 0 Å². The molecule has 0 fully saturated rings. The molecule has 1 aromatic heterocycles. The van der Waals surface area contributed by atoms with E-state index in [2.05, 4.69) is 15.3 Å². The number of hydrogen-bond acceptors (Lipinski definition) is 6. The SMILES string of the molecule is CCc1ccccc1NC(=O)CN(C)C(=O)COC(=O)c1cnccn1. The van der Waals surface area contributed by atoms with Crippen molar-refractivity contribution < 1.29 is 19.1 Å². The van der Waals surface area contributed by atoms with E-state index in [1.807, 2.05) is 25.1 Å². The number of nitrogens with one attached hydrogen (secondary N) is 1. The highest BCUT2D eigenvalue weighted by molar-refractivity contribution is 5.95. The summed E-state index contributed by atoms with van der Waals surface area (Å²) >= 11 is 0. The number of hydrogen-bond donors (Lipinski definition) is 1. The van der Waals surface area contributed by atoms with Crippen LogP contribution < -0.4 is 5.32 Å². The van der Waals surface area contributed by atoms with E-state index in [0.717, 1.165) is 17.7 Å². The van der Waals surface area contributed by atoms with Crippen LogP contribution in [0.5, 0.6) is 0 Å². The molecule has 2 amide bonds. The summed E-state index contributed by atoms with van der Waals surface area (Å²) in [6.07, 6.45) is 4.80. The van der Waals surface area contributed by atoms with Crippen LogP contribution >= 0.6 is 0 Å². The average molecular weight is 356 g/mol. The Labute approximate surface area is 151 Å². The van der Waals surface area contributed by atoms with Crippen molar-refractivity contribution in [2.45, 2.75) is 13.3 Å². The molecule has 2 rings (SSSR count). The Kier molecular flexibility index (Phi) is 6.78. The Balaban J connectivity index is 1.82. The summed E-state index contributed by atoms with van der Waals surface area (Å²) in [5.41, 5.74) is 1.74. The van der Waals surface area contributed by atoms with Crippen molar-refractivity contribution in [3.63, 3.8) is 0 Å². The van der Waals surface area contributed by atoms with Gasteiger partial charge in [-0.2, -0.15) is 0 Å². The number of carbonyl (C=O) groups excluding carboxylic acids is 3. The molecule has 2 aromatic rings. The average Bonchev–Trinajstić information content (AvgIpc) is 2.66. The van der Waals surface area contributed by atoms with Crippen molar-refractivity contribution in [1.29, 1.82) is 0 Å². The van der Waals surface area contributed by atoms with E-state index in [1.54, 1.807) is 6.07 Å². The second-order valence-electron chi connectivity index (χ2n) is 5.48. The highest BCUT2D eigenvalue weighted by Gasteiger charge is 2.17. The molecule has 0 radical (unpaired) electrons. The fourth-order valence-electron chi connectivity index (χ4n) is 2.16. The van der Waals surface area contributed by atoms with E-state index in [4.69, 9.17) is 4.74 Å². The second kappa shape index (κ2) is 9.26. The minimum atomic E-state index is -0.749. The molecule has 0 saturated heterocycles. The third-order valence-electron chi connectivity index (χ3n) is 3.58. The maximum Gasteiger partial charge on any atom is 0.359 e. The molecule has 0 atom stereocenters. The molecule has 0 saturated carbocycles. The van der Waals surface area contributed by atoms with Crippen molar-refractivity contribution in [1.82, 2.24) is 14.9 Å². The number of ether oxygens (including phenoxy) is 1. The number of aromatic nitrogens is 2. The van der Waals surface area contributed by atoms with Gasteiger partial charge in [0.1, 0.15) is 0 Å². The first-order valence-corrected chi connectivity index (χ1v) is 8.06. The molecular formula is C18H20N4O4. The van der Waals surface area contributed by atoms with Gasteiger partial charge in [0, 0.05) is 25.1 Å². The largest absolute Gasteiger partial charge is 0.451 e. The van der Waals surface area contributed by atoms with Crippen molar-refractivity contribution in [2.75, 3.05) is 25.5 Å². The minimum Gasteiger partial charge on any atom is -0.451 e. The van der Waals surface area contributed by atoms with E-state index in [0.29, 0.717) is 0 Å². The molecule has 26 heavy (non-hydrogen) atoms. The van der Waals surface area contributed by atoms with E-state index in [-0.39, 0.29) is 18.1 Å². The lowest BCUT2D eigenvalue weighted by Crippen LogP contribution is -2.37. The maximum atomic E-state index is 12.1. The highest BCUT2D eigenvalue weighted by Crippen LogP contribution is 2.15. The molecular weight excluding hydrogens is 336 g/mol. The lowest BCUT2D eigenvalue weighted by Gasteiger charge is -2.17. The lowest BCUT2D eigenvalue weighted by atomic mass is 10.1. The fourth-order valence-corrected chi connectivity index (χ4v) is 2.16. The zero-order valence-electron chi connectivity index (χ0n) is 14.6. The zero-order chi connectivity index (χ0) is 18.9. The van der Waals surface area contributed by atoms with Crippen molar-refractivity contribution in [2.24, 2.45) is 0 Å². The molecule has 0 unspecified atom stereocenters. The van der Waals surface area contributed by atoms with Crippen molar-refractivity contribution in [3.8, 4) is 0 Å². The van der Waals surface area contributed by atoms with Gasteiger partial charge in [0.2, 0.25) is 5.91 Å². The highest BCUT2D eigenvalue weighted by atomic mass is 16.5. The van der Waals surface area contributed by atoms with Gasteiger partial charge in [0.05, 0.1) is 12.7 Å². The summed E-state index contributed by atoms with van der Waals surface area (Å²) in [4.78, 5) is 44.6. The number of aryl methyl sites for hydroxylation is 1. The monoisotopic (exact) mass is 356 g/mol. The van der Waals surface area contributed by atoms with Gasteiger partial charge in [-0.25, -0.2) is 9.78 Å². The number of benzene rings is 1. The molecule has 1 aromatic carbocycles. The predicted molar refractivity (Wildman–Crippen MR) is 94.4 cm³/mol. The standard InChI is InChI=1S/C18H20N4O4/c1-3-13-6-4-5-7-14(13)21-16(23)11-22(2)17(24)12-26-18(25)15-10-19-8-9-20-15/h4-10H,3,11-12H2,1-2H3,(H,21,23). The Hall–Kier alpha value is -3.29. The summed E-state index contributed by atoms with van der Waals surface area (Å²) in [6, 6.07) is 7.46. The summed E-state index contributed by atoms with van der Waals surface area (Å²) in [5.74, 6) is -1.58. The normalized spacial score (nSPS) is 10.1. The number of amides is 2. The Morgan fingerprint density at radius 1 is 1.19 bits per heavy atom. The molecule has 8 nitrogen and oxygen atoms in total. The summed E-state index contributed by atoms with van der Waals surface area (Å²) in [5, 5.41) is 2.78. The first-order chi connectivity index (χ1) is 12.5. The Morgan fingerprint density at radius 3 is 2.65 bits per heavy atom. The first-order valence-electron chi connectivity index (χ1n) is 8.06. The Morgan fingerprint density at radius 2 is 1.96 bits per heavy atom. The van der Waals surface area contributed by atoms with Gasteiger partial charge in [-0.05, 0) is 18.1 Å². The molecule has 1 N–H and O–H groups in total. The van der Waals surface area contributed by atoms with Gasteiger partial charge in [-0.15, -0.1) is 0 Å². The van der Waals surface area contributed by atoms with Gasteiger partial charge in [-0.3, -0.25) is 14.6 Å². The third-order valence-corrected chi connectivity index (χ3v) is 3.58. The number of para-hydroxylation sites is 1. The van der Waals surface area contributed by atoms with E-state index in [1.165, 1.54) is 30.5 Å². The minimum absolute atomic E-state index is 0.0110. The van der Waals surface area contributed by atoms with Crippen LogP contribution in [0.1, 0.15) is 23.0 Å². The number of anilines is 1. The van der Waals surface area contributed by atoms with Crippen LogP contribution in [0, 0.1) is 0 Å². The lowest BCUT2D eigenvalue weighted by molar-refractivity contribution is -0.136. The molecule has 8 heteroatoms. The van der Waals surface area contributed by atoms with E-state index in [9.17, 15) is 14.4 Å². The number of rotatable bonds is 7. The predicted octanol–water partition coefficient (Wildman–Crippen LogP) is 1.29. The number of likely N-dealkylation sites (N-methyl/N-ethyl adjacent to an activating group) is 1. The van der Waals surface area contributed by atoms with Gasteiger partial charge in [-0.1, -0.05) is 25.1 Å². The van der Waals surface area contributed by atoms with Crippen LogP contribution in [-0.2, 0) is 20.7 Å². The van der Waals surface area contributed by atoms with Crippen LogP contribution in [0.15, 0.2) is 42.9 Å². The van der Waals surface area contributed by atoms with Crippen LogP contribution in [0.2, 0.25) is 0 Å². The third kappa shape index (κ3) is 5.37.